The number of hydrogen-bond acceptors (Lipinski definition) is 3. The summed E-state index contributed by atoms with van der Waals surface area (Å²) in [7, 11) is 0.924. The molecular weight excluding hydrogens is 240 g/mol. The number of sulfonamides is 1. The Morgan fingerprint density at radius 3 is 2.06 bits per heavy atom. The molecule has 0 fully saturated rings. The Labute approximate surface area is 103 Å². The van der Waals surface area contributed by atoms with Gasteiger partial charge < -0.3 is 9.67 Å². The molecule has 0 saturated heterocycles. The normalized spacial score (nSPS) is 12.7. The minimum Gasteiger partial charge on any atom is -0.505 e. The van der Waals surface area contributed by atoms with Crippen LogP contribution in [-0.4, -0.2) is 36.5 Å². The molecule has 0 amide bonds. The zero-order valence-electron chi connectivity index (χ0n) is 11.1. The van der Waals surface area contributed by atoms with Gasteiger partial charge in [0.1, 0.15) is 0 Å². The average molecular weight is 260 g/mol. The second kappa shape index (κ2) is 4.34. The zero-order valence-corrected chi connectivity index (χ0v) is 12.0. The van der Waals surface area contributed by atoms with Gasteiger partial charge in [0.2, 0.25) is 0 Å². The molecule has 5 nitrogen and oxygen atoms in total. The molecule has 98 valence electrons. The Morgan fingerprint density at radius 2 is 1.76 bits per heavy atom. The van der Waals surface area contributed by atoms with Gasteiger partial charge in [-0.1, -0.05) is 13.8 Å². The van der Waals surface area contributed by atoms with E-state index >= 15 is 0 Å². The molecule has 0 aliphatic heterocycles. The van der Waals surface area contributed by atoms with Crippen LogP contribution >= 0.6 is 0 Å². The lowest BCUT2D eigenvalue weighted by Gasteiger charge is -2.12. The first-order valence-electron chi connectivity index (χ1n) is 5.43. The molecule has 0 radical (unpaired) electrons. The lowest BCUT2D eigenvalue weighted by Crippen LogP contribution is -2.24. The predicted molar refractivity (Wildman–Crippen MR) is 66.8 cm³/mol. The minimum atomic E-state index is -3.63. The maximum Gasteiger partial charge on any atom is 0.261 e. The fourth-order valence-electron chi connectivity index (χ4n) is 1.94. The molecule has 6 heteroatoms. The highest BCUT2D eigenvalue weighted by Gasteiger charge is 2.30. The third kappa shape index (κ3) is 2.07. The predicted octanol–water partition coefficient (Wildman–Crippen LogP) is 1.41. The third-order valence-corrected chi connectivity index (χ3v) is 4.87. The Bertz CT molecular complexity index is 527. The third-order valence-electron chi connectivity index (χ3n) is 2.96. The van der Waals surface area contributed by atoms with Crippen LogP contribution in [0.4, 0.5) is 0 Å². The van der Waals surface area contributed by atoms with Crippen LogP contribution in [0.5, 0.6) is 5.75 Å². The molecule has 1 N–H and O–H groups in total. The maximum atomic E-state index is 12.1. The highest BCUT2D eigenvalue weighted by atomic mass is 32.2. The number of aromatic nitrogens is 1. The van der Waals surface area contributed by atoms with E-state index in [0.29, 0.717) is 5.56 Å². The van der Waals surface area contributed by atoms with Crippen molar-refractivity contribution < 1.29 is 13.5 Å². The molecular formula is C11H20N2O3S. The molecule has 0 aliphatic carbocycles. The number of aromatic hydroxyl groups is 1. The van der Waals surface area contributed by atoms with Crippen LogP contribution in [-0.2, 0) is 17.1 Å². The van der Waals surface area contributed by atoms with Crippen LogP contribution in [0.25, 0.3) is 0 Å². The van der Waals surface area contributed by atoms with Crippen LogP contribution in [0.1, 0.15) is 31.0 Å². The van der Waals surface area contributed by atoms with E-state index in [4.69, 9.17) is 0 Å². The molecule has 0 spiro atoms. The summed E-state index contributed by atoms with van der Waals surface area (Å²) in [5.41, 5.74) is 1.46. The quantitative estimate of drug-likeness (QED) is 0.894. The standard InChI is InChI=1S/C11H20N2O3S/c1-7(2)9-8(3)13(6)11(10(9)14)17(15,16)12(4)5/h7,14H,1-6H3. The summed E-state index contributed by atoms with van der Waals surface area (Å²) in [6, 6.07) is 0. The van der Waals surface area contributed by atoms with E-state index in [2.05, 4.69) is 0 Å². The van der Waals surface area contributed by atoms with Crippen molar-refractivity contribution in [2.24, 2.45) is 7.05 Å². The smallest absolute Gasteiger partial charge is 0.261 e. The summed E-state index contributed by atoms with van der Waals surface area (Å²) < 4.78 is 26.8. The monoisotopic (exact) mass is 260 g/mol. The van der Waals surface area contributed by atoms with E-state index < -0.39 is 10.0 Å². The van der Waals surface area contributed by atoms with Crippen molar-refractivity contribution in [1.82, 2.24) is 8.87 Å². The molecule has 0 bridgehead atoms. The van der Waals surface area contributed by atoms with Crippen LogP contribution < -0.4 is 0 Å². The van der Waals surface area contributed by atoms with Gasteiger partial charge in [-0.3, -0.25) is 0 Å². The van der Waals surface area contributed by atoms with Crippen molar-refractivity contribution in [2.45, 2.75) is 31.7 Å². The average Bonchev–Trinajstić information content (AvgIpc) is 2.37. The van der Waals surface area contributed by atoms with E-state index in [1.807, 2.05) is 20.8 Å². The van der Waals surface area contributed by atoms with E-state index in [1.165, 1.54) is 18.7 Å². The van der Waals surface area contributed by atoms with Gasteiger partial charge in [-0.15, -0.1) is 0 Å². The van der Waals surface area contributed by atoms with Gasteiger partial charge in [0.25, 0.3) is 10.0 Å². The van der Waals surface area contributed by atoms with E-state index in [9.17, 15) is 13.5 Å². The topological polar surface area (TPSA) is 62.5 Å². The molecule has 0 saturated carbocycles. The number of rotatable bonds is 3. The highest BCUT2D eigenvalue weighted by molar-refractivity contribution is 7.89. The molecule has 1 aromatic rings. The second-order valence-electron chi connectivity index (χ2n) is 4.65. The zero-order chi connectivity index (χ0) is 13.5. The van der Waals surface area contributed by atoms with Crippen LogP contribution in [0.3, 0.4) is 0 Å². The Balaban J connectivity index is 3.64. The highest BCUT2D eigenvalue weighted by Crippen LogP contribution is 2.37. The Morgan fingerprint density at radius 1 is 1.29 bits per heavy atom. The molecule has 0 unspecified atom stereocenters. The summed E-state index contributed by atoms with van der Waals surface area (Å²) in [4.78, 5) is 0. The van der Waals surface area contributed by atoms with Crippen molar-refractivity contribution in [1.29, 1.82) is 0 Å². The molecule has 17 heavy (non-hydrogen) atoms. The fourth-order valence-corrected chi connectivity index (χ4v) is 3.12. The molecule has 1 rings (SSSR count). The summed E-state index contributed by atoms with van der Waals surface area (Å²) in [5, 5.41) is 10.1. The van der Waals surface area contributed by atoms with Gasteiger partial charge in [-0.2, -0.15) is 0 Å². The summed E-state index contributed by atoms with van der Waals surface area (Å²) >= 11 is 0. The van der Waals surface area contributed by atoms with Gasteiger partial charge in [0.15, 0.2) is 10.8 Å². The molecule has 1 aromatic heterocycles. The largest absolute Gasteiger partial charge is 0.505 e. The molecule has 0 atom stereocenters. The van der Waals surface area contributed by atoms with E-state index in [-0.39, 0.29) is 16.7 Å². The van der Waals surface area contributed by atoms with Gasteiger partial charge in [-0.05, 0) is 12.8 Å². The van der Waals surface area contributed by atoms with E-state index in [0.717, 1.165) is 10.00 Å². The first-order valence-corrected chi connectivity index (χ1v) is 6.87. The summed E-state index contributed by atoms with van der Waals surface area (Å²) in [6.07, 6.45) is 0. The van der Waals surface area contributed by atoms with Crippen LogP contribution in [0.15, 0.2) is 5.03 Å². The van der Waals surface area contributed by atoms with Gasteiger partial charge >= 0.3 is 0 Å². The van der Waals surface area contributed by atoms with Crippen LogP contribution in [0, 0.1) is 6.92 Å². The van der Waals surface area contributed by atoms with Crippen molar-refractivity contribution in [3.05, 3.63) is 11.3 Å². The molecule has 0 aliphatic rings. The SMILES string of the molecule is Cc1c(C(C)C)c(O)c(S(=O)(=O)N(C)C)n1C. The Kier molecular flexibility index (Phi) is 3.59. The summed E-state index contributed by atoms with van der Waals surface area (Å²) in [5.74, 6) is -0.0546. The number of nitrogens with zero attached hydrogens (tertiary/aromatic N) is 2. The van der Waals surface area contributed by atoms with Gasteiger partial charge in [-0.25, -0.2) is 12.7 Å². The van der Waals surface area contributed by atoms with Crippen molar-refractivity contribution in [2.75, 3.05) is 14.1 Å². The fraction of sp³-hybridized carbons (Fsp3) is 0.636. The second-order valence-corrected chi connectivity index (χ2v) is 6.72. The first-order chi connectivity index (χ1) is 7.62. The van der Waals surface area contributed by atoms with Crippen LogP contribution in [0.2, 0.25) is 0 Å². The summed E-state index contributed by atoms with van der Waals surface area (Å²) in [6.45, 7) is 5.66. The van der Waals surface area contributed by atoms with Gasteiger partial charge in [0, 0.05) is 32.4 Å². The number of hydrogen-bond donors (Lipinski definition) is 1. The van der Waals surface area contributed by atoms with E-state index in [1.54, 1.807) is 7.05 Å². The maximum absolute atomic E-state index is 12.1. The molecule has 1 heterocycles. The lowest BCUT2D eigenvalue weighted by molar-refractivity contribution is 0.437. The molecule has 0 aromatic carbocycles. The Hall–Kier alpha value is -1.01. The first kappa shape index (κ1) is 14.1. The van der Waals surface area contributed by atoms with Crippen molar-refractivity contribution in [3.8, 4) is 5.75 Å². The van der Waals surface area contributed by atoms with Gasteiger partial charge in [0.05, 0.1) is 0 Å². The van der Waals surface area contributed by atoms with Crippen molar-refractivity contribution in [3.63, 3.8) is 0 Å². The van der Waals surface area contributed by atoms with Crippen molar-refractivity contribution >= 4 is 10.0 Å². The lowest BCUT2D eigenvalue weighted by atomic mass is 10.0. The minimum absolute atomic E-state index is 0.0382.